The van der Waals surface area contributed by atoms with Crippen molar-refractivity contribution in [3.05, 3.63) is 78.4 Å². The maximum atomic E-state index is 12.7. The van der Waals surface area contributed by atoms with Gasteiger partial charge >= 0.3 is 0 Å². The summed E-state index contributed by atoms with van der Waals surface area (Å²) in [5.41, 5.74) is -0.635. The molecular weight excluding hydrogens is 322 g/mol. The first kappa shape index (κ1) is 16.6. The molecule has 2 N–H and O–H groups in total. The number of hydrogen-bond acceptors (Lipinski definition) is 3. The largest absolute Gasteiger partial charge is 0.384 e. The second kappa shape index (κ2) is 6.36. The third kappa shape index (κ3) is 3.33. The monoisotopic (exact) mass is 341 g/mol. The van der Waals surface area contributed by atoms with Crippen molar-refractivity contribution in [2.75, 3.05) is 6.54 Å². The highest BCUT2D eigenvalue weighted by Crippen LogP contribution is 2.24. The highest BCUT2D eigenvalue weighted by atomic mass is 32.2. The number of aliphatic hydroxyl groups is 1. The van der Waals surface area contributed by atoms with Gasteiger partial charge in [-0.1, -0.05) is 66.7 Å². The summed E-state index contributed by atoms with van der Waals surface area (Å²) >= 11 is 0. The van der Waals surface area contributed by atoms with Crippen LogP contribution in [-0.2, 0) is 15.6 Å². The molecule has 24 heavy (non-hydrogen) atoms. The summed E-state index contributed by atoms with van der Waals surface area (Å²) in [5.74, 6) is 0. The van der Waals surface area contributed by atoms with Gasteiger partial charge in [0.2, 0.25) is 10.0 Å². The van der Waals surface area contributed by atoms with Crippen LogP contribution in [0, 0.1) is 0 Å². The van der Waals surface area contributed by atoms with Gasteiger partial charge in [-0.3, -0.25) is 0 Å². The van der Waals surface area contributed by atoms with Crippen LogP contribution >= 0.6 is 0 Å². The van der Waals surface area contributed by atoms with E-state index >= 15 is 0 Å². The van der Waals surface area contributed by atoms with Gasteiger partial charge < -0.3 is 5.11 Å². The van der Waals surface area contributed by atoms with E-state index in [-0.39, 0.29) is 11.4 Å². The van der Waals surface area contributed by atoms with E-state index in [1.807, 2.05) is 42.5 Å². The van der Waals surface area contributed by atoms with E-state index in [4.69, 9.17) is 0 Å². The Kier molecular flexibility index (Phi) is 4.41. The molecule has 0 aliphatic carbocycles. The maximum absolute atomic E-state index is 12.7. The first-order valence-electron chi connectivity index (χ1n) is 7.65. The van der Waals surface area contributed by atoms with Crippen LogP contribution in [0.5, 0.6) is 0 Å². The summed E-state index contributed by atoms with van der Waals surface area (Å²) in [6.45, 7) is 1.48. The minimum atomic E-state index is -3.74. The molecule has 0 aliphatic heterocycles. The van der Waals surface area contributed by atoms with Gasteiger partial charge in [-0.15, -0.1) is 0 Å². The lowest BCUT2D eigenvalue weighted by atomic mass is 9.97. The number of fused-ring (bicyclic) bond motifs is 1. The lowest BCUT2D eigenvalue weighted by Gasteiger charge is -2.24. The predicted molar refractivity (Wildman–Crippen MR) is 95.1 cm³/mol. The average molecular weight is 341 g/mol. The minimum absolute atomic E-state index is 0.109. The molecule has 0 aromatic heterocycles. The van der Waals surface area contributed by atoms with Gasteiger partial charge in [0, 0.05) is 11.9 Å². The summed E-state index contributed by atoms with van der Waals surface area (Å²) in [7, 11) is -3.74. The van der Waals surface area contributed by atoms with Crippen molar-refractivity contribution in [1.82, 2.24) is 4.72 Å². The zero-order chi connectivity index (χ0) is 17.2. The Hall–Kier alpha value is -2.21. The Bertz CT molecular complexity index is 945. The third-order valence-electron chi connectivity index (χ3n) is 4.04. The fraction of sp³-hybridized carbons (Fsp3) is 0.158. The van der Waals surface area contributed by atoms with Crippen molar-refractivity contribution < 1.29 is 13.5 Å². The summed E-state index contributed by atoms with van der Waals surface area (Å²) in [5, 5.41) is 12.1. The normalized spacial score (nSPS) is 14.4. The van der Waals surface area contributed by atoms with Crippen LogP contribution < -0.4 is 4.72 Å². The van der Waals surface area contributed by atoms with E-state index in [2.05, 4.69) is 4.72 Å². The molecule has 0 fully saturated rings. The van der Waals surface area contributed by atoms with Gasteiger partial charge in [0.1, 0.15) is 5.60 Å². The van der Waals surface area contributed by atoms with E-state index in [1.165, 1.54) is 0 Å². The molecular formula is C19H19NO3S. The molecule has 0 radical (unpaired) electrons. The van der Waals surface area contributed by atoms with Crippen molar-refractivity contribution in [3.8, 4) is 0 Å². The van der Waals surface area contributed by atoms with Gasteiger partial charge in [-0.25, -0.2) is 13.1 Å². The molecule has 4 nitrogen and oxygen atoms in total. The zero-order valence-electron chi connectivity index (χ0n) is 13.3. The molecule has 0 saturated heterocycles. The molecule has 0 spiro atoms. The number of sulfonamides is 1. The molecule has 0 bridgehead atoms. The fourth-order valence-electron chi connectivity index (χ4n) is 2.64. The van der Waals surface area contributed by atoms with E-state index in [1.54, 1.807) is 37.3 Å². The molecule has 0 unspecified atom stereocenters. The summed E-state index contributed by atoms with van der Waals surface area (Å²) in [4.78, 5) is 0.212. The molecule has 0 aliphatic rings. The molecule has 3 aromatic rings. The highest BCUT2D eigenvalue weighted by molar-refractivity contribution is 7.89. The Morgan fingerprint density at radius 1 is 0.917 bits per heavy atom. The van der Waals surface area contributed by atoms with E-state index in [9.17, 15) is 13.5 Å². The number of hydrogen-bond donors (Lipinski definition) is 2. The Morgan fingerprint density at radius 3 is 2.29 bits per heavy atom. The molecule has 0 amide bonds. The van der Waals surface area contributed by atoms with Crippen LogP contribution in [-0.4, -0.2) is 20.1 Å². The Labute approximate surface area is 141 Å². The molecule has 5 heteroatoms. The lowest BCUT2D eigenvalue weighted by Crippen LogP contribution is -2.38. The van der Waals surface area contributed by atoms with Crippen LogP contribution in [0.1, 0.15) is 12.5 Å². The standard InChI is InChI=1S/C19H19NO3S/c1-19(21,16-10-3-2-4-11-16)14-20-24(22,23)18-13-7-9-15-8-5-6-12-17(15)18/h2-13,20-21H,14H2,1H3/t19-/m0/s1. The van der Waals surface area contributed by atoms with Gasteiger partial charge in [-0.2, -0.15) is 0 Å². The molecule has 1 atom stereocenters. The van der Waals surface area contributed by atoms with Crippen molar-refractivity contribution in [1.29, 1.82) is 0 Å². The molecule has 3 rings (SSSR count). The smallest absolute Gasteiger partial charge is 0.241 e. The highest BCUT2D eigenvalue weighted by Gasteiger charge is 2.26. The second-order valence-corrected chi connectivity index (χ2v) is 7.68. The first-order chi connectivity index (χ1) is 11.4. The predicted octanol–water partition coefficient (Wildman–Crippen LogP) is 3.03. The van der Waals surface area contributed by atoms with Crippen molar-refractivity contribution in [2.24, 2.45) is 0 Å². The van der Waals surface area contributed by atoms with Gasteiger partial charge in [0.25, 0.3) is 0 Å². The van der Waals surface area contributed by atoms with Crippen molar-refractivity contribution in [3.63, 3.8) is 0 Å². The summed E-state index contributed by atoms with van der Waals surface area (Å²) < 4.78 is 27.9. The molecule has 0 heterocycles. The van der Waals surface area contributed by atoms with Gasteiger partial charge in [0.15, 0.2) is 0 Å². The number of rotatable bonds is 5. The van der Waals surface area contributed by atoms with Crippen LogP contribution in [0.3, 0.4) is 0 Å². The van der Waals surface area contributed by atoms with Crippen LogP contribution in [0.4, 0.5) is 0 Å². The zero-order valence-corrected chi connectivity index (χ0v) is 14.1. The Morgan fingerprint density at radius 2 is 1.54 bits per heavy atom. The summed E-state index contributed by atoms with van der Waals surface area (Å²) in [6, 6.07) is 21.5. The first-order valence-corrected chi connectivity index (χ1v) is 9.14. The van der Waals surface area contributed by atoms with Crippen LogP contribution in [0.15, 0.2) is 77.7 Å². The molecule has 124 valence electrons. The topological polar surface area (TPSA) is 66.4 Å². The summed E-state index contributed by atoms with van der Waals surface area (Å²) in [6.07, 6.45) is 0. The quantitative estimate of drug-likeness (QED) is 0.750. The molecule has 0 saturated carbocycles. The second-order valence-electron chi connectivity index (χ2n) is 5.94. The average Bonchev–Trinajstić information content (AvgIpc) is 2.60. The number of benzene rings is 3. The lowest BCUT2D eigenvalue weighted by molar-refractivity contribution is 0.0627. The van der Waals surface area contributed by atoms with E-state index in [0.29, 0.717) is 10.9 Å². The van der Waals surface area contributed by atoms with Crippen molar-refractivity contribution >= 4 is 20.8 Å². The maximum Gasteiger partial charge on any atom is 0.241 e. The van der Waals surface area contributed by atoms with E-state index < -0.39 is 15.6 Å². The third-order valence-corrected chi connectivity index (χ3v) is 5.50. The fourth-order valence-corrected chi connectivity index (χ4v) is 4.00. The molecule has 3 aromatic carbocycles. The van der Waals surface area contributed by atoms with Gasteiger partial charge in [-0.05, 0) is 23.9 Å². The van der Waals surface area contributed by atoms with Crippen molar-refractivity contribution in [2.45, 2.75) is 17.4 Å². The van der Waals surface area contributed by atoms with E-state index in [0.717, 1.165) is 5.39 Å². The van der Waals surface area contributed by atoms with Gasteiger partial charge in [0.05, 0.1) is 4.90 Å². The SMILES string of the molecule is C[C@](O)(CNS(=O)(=O)c1cccc2ccccc12)c1ccccc1. The Balaban J connectivity index is 1.89. The van der Waals surface area contributed by atoms with Crippen LogP contribution in [0.2, 0.25) is 0 Å². The van der Waals surface area contributed by atoms with Crippen LogP contribution in [0.25, 0.3) is 10.8 Å². The minimum Gasteiger partial charge on any atom is -0.384 e. The number of nitrogens with one attached hydrogen (secondary N) is 1.